The van der Waals surface area contributed by atoms with E-state index in [0.29, 0.717) is 28.7 Å². The predicted octanol–water partition coefficient (Wildman–Crippen LogP) is 3.53. The molecule has 2 amide bonds. The number of aromatic nitrogens is 4. The zero-order chi connectivity index (χ0) is 24.6. The lowest BCUT2D eigenvalue weighted by molar-refractivity contribution is -0.117. The molecule has 3 heterocycles. The summed E-state index contributed by atoms with van der Waals surface area (Å²) in [6, 6.07) is 7.60. The van der Waals surface area contributed by atoms with Crippen LogP contribution in [0.1, 0.15) is 38.4 Å². The summed E-state index contributed by atoms with van der Waals surface area (Å²) in [5.41, 5.74) is 7.60. The number of carboxylic acid groups (broad SMARTS) is 1. The fourth-order valence-corrected chi connectivity index (χ4v) is 4.76. The quantitative estimate of drug-likeness (QED) is 0.509. The van der Waals surface area contributed by atoms with E-state index in [-0.39, 0.29) is 12.4 Å². The third-order valence-electron chi connectivity index (χ3n) is 5.26. The average molecular weight is 483 g/mol. The van der Waals surface area contributed by atoms with Crippen molar-refractivity contribution in [3.63, 3.8) is 0 Å². The monoisotopic (exact) mass is 482 g/mol. The molecule has 0 bridgehead atoms. The van der Waals surface area contributed by atoms with Crippen molar-refractivity contribution in [2.45, 2.75) is 44.3 Å². The Morgan fingerprint density at radius 3 is 2.53 bits per heavy atom. The third-order valence-corrected chi connectivity index (χ3v) is 6.35. The van der Waals surface area contributed by atoms with Crippen LogP contribution in [0.2, 0.25) is 0 Å². The molecule has 1 aliphatic heterocycles. The van der Waals surface area contributed by atoms with Crippen LogP contribution in [0, 0.1) is 0 Å². The molecule has 4 rings (SSSR count). The first-order chi connectivity index (χ1) is 16.1. The van der Waals surface area contributed by atoms with Gasteiger partial charge in [-0.15, -0.1) is 11.8 Å². The van der Waals surface area contributed by atoms with Crippen molar-refractivity contribution in [2.24, 2.45) is 5.73 Å². The Hall–Kier alpha value is -3.60. The predicted molar refractivity (Wildman–Crippen MR) is 130 cm³/mol. The van der Waals surface area contributed by atoms with Crippen LogP contribution in [-0.2, 0) is 11.3 Å². The summed E-state index contributed by atoms with van der Waals surface area (Å²) in [5.74, 6) is 0.888. The molecular weight excluding hydrogens is 456 g/mol. The molecule has 0 aliphatic carbocycles. The molecular formula is C23H26N6O4S. The number of amides is 2. The van der Waals surface area contributed by atoms with Gasteiger partial charge in [0, 0.05) is 17.7 Å². The Bertz CT molecular complexity index is 1290. The number of anilines is 1. The number of ether oxygens (including phenoxy) is 1. The van der Waals surface area contributed by atoms with Gasteiger partial charge >= 0.3 is 6.09 Å². The minimum Gasteiger partial charge on any atom is -0.497 e. The van der Waals surface area contributed by atoms with Crippen LogP contribution in [-0.4, -0.2) is 55.3 Å². The van der Waals surface area contributed by atoms with Crippen LogP contribution < -0.4 is 15.4 Å². The van der Waals surface area contributed by atoms with Crippen molar-refractivity contribution >= 4 is 46.8 Å². The van der Waals surface area contributed by atoms with E-state index in [9.17, 15) is 14.7 Å². The van der Waals surface area contributed by atoms with Gasteiger partial charge in [0.25, 0.3) is 0 Å². The highest BCUT2D eigenvalue weighted by atomic mass is 32.2. The van der Waals surface area contributed by atoms with E-state index in [2.05, 4.69) is 9.97 Å². The highest BCUT2D eigenvalue weighted by Crippen LogP contribution is 2.37. The maximum Gasteiger partial charge on any atom is 0.414 e. The minimum absolute atomic E-state index is 0.0794. The van der Waals surface area contributed by atoms with Gasteiger partial charge in [-0.1, -0.05) is 12.1 Å². The van der Waals surface area contributed by atoms with Gasteiger partial charge in [0.1, 0.15) is 10.8 Å². The number of carbonyl (C=O) groups excluding carboxylic acids is 1. The number of methoxy groups -OCH3 is 1. The van der Waals surface area contributed by atoms with Gasteiger partial charge in [-0.25, -0.2) is 19.4 Å². The standard InChI is InChI=1S/C23H26N6O4S/c1-23(2,3)29(22(31)32)21-25-19-18-16(9-14(10-17(24)30)12-34-20(18)26-21)27-28(19)11-13-5-7-15(33-4)8-6-13/h5-9H,10-12H2,1-4H3,(H2,24,30)(H,31,32). The third kappa shape index (κ3) is 4.69. The second-order valence-electron chi connectivity index (χ2n) is 8.94. The highest BCUT2D eigenvalue weighted by molar-refractivity contribution is 7.99. The van der Waals surface area contributed by atoms with E-state index < -0.39 is 17.5 Å². The van der Waals surface area contributed by atoms with Crippen molar-refractivity contribution in [3.8, 4) is 5.75 Å². The SMILES string of the molecule is COc1ccc(Cn2nc3c4c(nc(N(C(=O)O)C(C)(C)C)nc42)SCC(CC(N)=O)=C3)cc1. The Labute approximate surface area is 200 Å². The fourth-order valence-electron chi connectivity index (χ4n) is 3.77. The highest BCUT2D eigenvalue weighted by Gasteiger charge is 2.32. The van der Waals surface area contributed by atoms with Gasteiger partial charge in [-0.2, -0.15) is 10.1 Å². The van der Waals surface area contributed by atoms with Crippen LogP contribution in [0.5, 0.6) is 5.75 Å². The lowest BCUT2D eigenvalue weighted by Gasteiger charge is -2.31. The summed E-state index contributed by atoms with van der Waals surface area (Å²) in [6.45, 7) is 5.76. The molecule has 0 saturated heterocycles. The second kappa shape index (κ2) is 8.98. The van der Waals surface area contributed by atoms with Crippen LogP contribution in [0.4, 0.5) is 10.7 Å². The lowest BCUT2D eigenvalue weighted by atomic mass is 10.1. The molecule has 2 aromatic heterocycles. The molecule has 178 valence electrons. The first kappa shape index (κ1) is 23.6. The Kier molecular flexibility index (Phi) is 6.22. The molecule has 0 fully saturated rings. The number of primary amides is 1. The topological polar surface area (TPSA) is 136 Å². The Balaban J connectivity index is 1.89. The largest absolute Gasteiger partial charge is 0.497 e. The number of carbonyl (C=O) groups is 2. The number of hydrogen-bond acceptors (Lipinski definition) is 7. The normalized spacial score (nSPS) is 13.4. The van der Waals surface area contributed by atoms with E-state index in [1.54, 1.807) is 32.6 Å². The van der Waals surface area contributed by atoms with Crippen LogP contribution in [0.3, 0.4) is 0 Å². The van der Waals surface area contributed by atoms with E-state index >= 15 is 0 Å². The van der Waals surface area contributed by atoms with Crippen molar-refractivity contribution in [1.82, 2.24) is 19.7 Å². The number of nitrogens with two attached hydrogens (primary N) is 1. The molecule has 34 heavy (non-hydrogen) atoms. The first-order valence-corrected chi connectivity index (χ1v) is 11.6. The summed E-state index contributed by atoms with van der Waals surface area (Å²) in [7, 11) is 1.61. The van der Waals surface area contributed by atoms with Crippen LogP contribution in [0.25, 0.3) is 17.1 Å². The van der Waals surface area contributed by atoms with Crippen molar-refractivity contribution in [3.05, 3.63) is 41.1 Å². The molecule has 0 unspecified atom stereocenters. The summed E-state index contributed by atoms with van der Waals surface area (Å²) >= 11 is 1.41. The lowest BCUT2D eigenvalue weighted by Crippen LogP contribution is -2.46. The molecule has 11 heteroatoms. The van der Waals surface area contributed by atoms with Gasteiger partial charge in [-0.3, -0.25) is 4.79 Å². The van der Waals surface area contributed by atoms with Gasteiger partial charge < -0.3 is 15.6 Å². The molecule has 0 spiro atoms. The van der Waals surface area contributed by atoms with Crippen LogP contribution in [0.15, 0.2) is 34.9 Å². The smallest absolute Gasteiger partial charge is 0.414 e. The molecule has 1 aromatic carbocycles. The number of thioether (sulfide) groups is 1. The maximum atomic E-state index is 12.1. The fraction of sp³-hybridized carbons (Fsp3) is 0.348. The van der Waals surface area contributed by atoms with Crippen molar-refractivity contribution in [2.75, 3.05) is 17.8 Å². The average Bonchev–Trinajstić information content (AvgIpc) is 2.97. The van der Waals surface area contributed by atoms with E-state index in [1.807, 2.05) is 30.3 Å². The summed E-state index contributed by atoms with van der Waals surface area (Å²) < 4.78 is 6.97. The molecule has 10 nitrogen and oxygen atoms in total. The molecule has 1 aliphatic rings. The Morgan fingerprint density at radius 2 is 1.94 bits per heavy atom. The molecule has 0 atom stereocenters. The van der Waals surface area contributed by atoms with Gasteiger partial charge in [0.05, 0.1) is 24.7 Å². The van der Waals surface area contributed by atoms with E-state index in [0.717, 1.165) is 27.2 Å². The maximum absolute atomic E-state index is 12.1. The number of benzene rings is 1. The zero-order valence-corrected chi connectivity index (χ0v) is 20.2. The van der Waals surface area contributed by atoms with Gasteiger partial charge in [-0.05, 0) is 50.1 Å². The number of rotatable bonds is 6. The molecule has 3 N–H and O–H groups in total. The summed E-state index contributed by atoms with van der Waals surface area (Å²) in [6.07, 6.45) is 0.812. The van der Waals surface area contributed by atoms with Crippen molar-refractivity contribution in [1.29, 1.82) is 0 Å². The Morgan fingerprint density at radius 1 is 1.24 bits per heavy atom. The molecule has 3 aromatic rings. The molecule has 0 saturated carbocycles. The first-order valence-electron chi connectivity index (χ1n) is 10.6. The van der Waals surface area contributed by atoms with Crippen LogP contribution >= 0.6 is 11.8 Å². The van der Waals surface area contributed by atoms with Gasteiger partial charge in [0.15, 0.2) is 5.65 Å². The summed E-state index contributed by atoms with van der Waals surface area (Å²) in [4.78, 5) is 34.1. The second-order valence-corrected chi connectivity index (χ2v) is 9.91. The number of nitrogens with zero attached hydrogens (tertiary/aromatic N) is 5. The van der Waals surface area contributed by atoms with E-state index in [1.165, 1.54) is 11.8 Å². The zero-order valence-electron chi connectivity index (χ0n) is 19.4. The number of hydrogen-bond donors (Lipinski definition) is 2. The summed E-state index contributed by atoms with van der Waals surface area (Å²) in [5, 5.41) is 16.0. The minimum atomic E-state index is -1.15. The van der Waals surface area contributed by atoms with E-state index in [4.69, 9.17) is 15.6 Å². The molecule has 0 radical (unpaired) electrons. The van der Waals surface area contributed by atoms with Crippen molar-refractivity contribution < 1.29 is 19.4 Å². The van der Waals surface area contributed by atoms with Gasteiger partial charge in [0.2, 0.25) is 11.9 Å².